The maximum absolute atomic E-state index is 14.1. The Labute approximate surface area is 249 Å². The van der Waals surface area contributed by atoms with Crippen LogP contribution in [0.4, 0.5) is 32.3 Å². The Morgan fingerprint density at radius 2 is 1.20 bits per heavy atom. The summed E-state index contributed by atoms with van der Waals surface area (Å²) in [6, 6.07) is 31.7. The van der Waals surface area contributed by atoms with Gasteiger partial charge >= 0.3 is 18.0 Å². The number of carboxylic acids is 1. The lowest BCUT2D eigenvalue weighted by atomic mass is 10.1. The van der Waals surface area contributed by atoms with Crippen molar-refractivity contribution < 1.29 is 19.5 Å². The van der Waals surface area contributed by atoms with Crippen molar-refractivity contribution in [3.63, 3.8) is 0 Å². The fourth-order valence-electron chi connectivity index (χ4n) is 5.10. The monoisotopic (exact) mass is 584 g/mol. The molecule has 0 aromatic heterocycles. The van der Waals surface area contributed by atoms with Crippen molar-refractivity contribution in [1.82, 2.24) is 9.80 Å². The van der Waals surface area contributed by atoms with Crippen LogP contribution >= 0.6 is 25.3 Å². The van der Waals surface area contributed by atoms with Crippen LogP contribution in [0, 0.1) is 0 Å². The van der Waals surface area contributed by atoms with Crippen LogP contribution in [0.1, 0.15) is 0 Å². The van der Waals surface area contributed by atoms with E-state index < -0.39 is 18.0 Å². The zero-order chi connectivity index (χ0) is 27.6. The third-order valence-corrected chi connectivity index (χ3v) is 8.16. The molecule has 4 aromatic rings. The van der Waals surface area contributed by atoms with Gasteiger partial charge in [-0.1, -0.05) is 72.4 Å². The number of aliphatic carboxylic acids is 1. The number of carbonyl (C=O) groups excluding carboxylic acids is 2. The third-order valence-electron chi connectivity index (χ3n) is 7.03. The zero-order valence-corrected chi connectivity index (χ0v) is 23.8. The Kier molecular flexibility index (Phi) is 8.23. The number of urea groups is 2. The number of amides is 4. The van der Waals surface area contributed by atoms with Gasteiger partial charge in [-0.3, -0.25) is 9.80 Å². The molecule has 4 amide bonds. The number of benzene rings is 4. The van der Waals surface area contributed by atoms with E-state index in [9.17, 15) is 19.5 Å². The van der Waals surface area contributed by atoms with Gasteiger partial charge in [0.25, 0.3) is 0 Å². The summed E-state index contributed by atoms with van der Waals surface area (Å²) in [6.45, 7) is 0.130. The normalized spacial score (nSPS) is 15.7. The minimum absolute atomic E-state index is 0. The van der Waals surface area contributed by atoms with Gasteiger partial charge in [-0.25, -0.2) is 14.4 Å². The van der Waals surface area contributed by atoms with E-state index in [-0.39, 0.29) is 39.2 Å². The van der Waals surface area contributed by atoms with Crippen molar-refractivity contribution in [2.24, 2.45) is 0 Å². The second-order valence-corrected chi connectivity index (χ2v) is 10.5. The molecule has 0 saturated carbocycles. The molecule has 0 radical (unpaired) electrons. The molecular formula is C31H28N4O4S2. The number of nitrogens with zero attached hydrogens (tertiary/aromatic N) is 4. The summed E-state index contributed by atoms with van der Waals surface area (Å²) in [7, 11) is 0. The second kappa shape index (κ2) is 12.0. The van der Waals surface area contributed by atoms with Crippen LogP contribution in [0.2, 0.25) is 0 Å². The summed E-state index contributed by atoms with van der Waals surface area (Å²) in [6.07, 6.45) is 0. The molecule has 0 unspecified atom stereocenters. The molecule has 8 nitrogen and oxygen atoms in total. The fourth-order valence-corrected chi connectivity index (χ4v) is 6.16. The molecule has 2 heterocycles. The van der Waals surface area contributed by atoms with Crippen LogP contribution in [0.25, 0.3) is 0 Å². The quantitative estimate of drug-likeness (QED) is 0.295. The Morgan fingerprint density at radius 3 is 1.71 bits per heavy atom. The van der Waals surface area contributed by atoms with E-state index in [2.05, 4.69) is 0 Å². The van der Waals surface area contributed by atoms with Gasteiger partial charge in [-0.2, -0.15) is 13.5 Å². The molecule has 1 atom stereocenters. The summed E-state index contributed by atoms with van der Waals surface area (Å²) in [5, 5.41) is 10.3. The number of fused-ring (bicyclic) bond motifs is 2. The van der Waals surface area contributed by atoms with E-state index in [4.69, 9.17) is 0 Å². The van der Waals surface area contributed by atoms with Gasteiger partial charge in [0, 0.05) is 22.9 Å². The first-order valence-corrected chi connectivity index (χ1v) is 13.7. The van der Waals surface area contributed by atoms with Crippen LogP contribution in [0.5, 0.6) is 0 Å². The van der Waals surface area contributed by atoms with Crippen molar-refractivity contribution in [2.45, 2.75) is 15.8 Å². The molecule has 1 fully saturated rings. The fraction of sp³-hybridized carbons (Fsp3) is 0.129. The third kappa shape index (κ3) is 5.36. The minimum Gasteiger partial charge on any atom is -0.480 e. The maximum atomic E-state index is 14.1. The maximum Gasteiger partial charge on any atom is 0.330 e. The molecule has 10 heteroatoms. The van der Waals surface area contributed by atoms with E-state index >= 15 is 0 Å². The topological polar surface area (TPSA) is 84.4 Å². The molecule has 2 aliphatic rings. The second-order valence-electron chi connectivity index (χ2n) is 9.44. The van der Waals surface area contributed by atoms with Gasteiger partial charge < -0.3 is 14.9 Å². The highest BCUT2D eigenvalue weighted by molar-refractivity contribution is 7.99. The van der Waals surface area contributed by atoms with Crippen LogP contribution in [-0.4, -0.2) is 58.6 Å². The number of hydrogen-bond acceptors (Lipinski definition) is 4. The number of carboxylic acid groups (broad SMARTS) is 1. The lowest BCUT2D eigenvalue weighted by Crippen LogP contribution is -2.62. The van der Waals surface area contributed by atoms with E-state index in [0.717, 1.165) is 9.79 Å². The van der Waals surface area contributed by atoms with Crippen LogP contribution in [0.3, 0.4) is 0 Å². The van der Waals surface area contributed by atoms with Crippen LogP contribution < -0.4 is 9.80 Å². The van der Waals surface area contributed by atoms with Crippen molar-refractivity contribution in [2.75, 3.05) is 29.4 Å². The van der Waals surface area contributed by atoms with E-state index in [1.807, 2.05) is 109 Å². The molecule has 0 bridgehead atoms. The molecule has 208 valence electrons. The number of rotatable bonds is 3. The molecular weight excluding hydrogens is 556 g/mol. The SMILES string of the molecule is O=C(O)[C@@H]1CN(C(=O)N(c2ccccc2)c2ccccc2)CCN1C(=O)N1c2ccccc2Sc2ccccc21.S. The smallest absolute Gasteiger partial charge is 0.330 e. The number of piperazine rings is 1. The minimum atomic E-state index is -1.22. The number of hydrogen-bond donors (Lipinski definition) is 1. The highest BCUT2D eigenvalue weighted by atomic mass is 32.2. The average molecular weight is 585 g/mol. The number of carbonyl (C=O) groups is 3. The molecule has 41 heavy (non-hydrogen) atoms. The first-order valence-electron chi connectivity index (χ1n) is 12.9. The first-order chi connectivity index (χ1) is 19.5. The molecule has 0 spiro atoms. The lowest BCUT2D eigenvalue weighted by molar-refractivity contribution is -0.143. The van der Waals surface area contributed by atoms with E-state index in [1.165, 1.54) is 9.80 Å². The summed E-state index contributed by atoms with van der Waals surface area (Å²) < 4.78 is 0. The average Bonchev–Trinajstić information content (AvgIpc) is 3.00. The molecule has 1 saturated heterocycles. The Balaban J connectivity index is 0.00000337. The van der Waals surface area contributed by atoms with Gasteiger partial charge in [0.15, 0.2) is 0 Å². The van der Waals surface area contributed by atoms with Gasteiger partial charge in [-0.15, -0.1) is 0 Å². The van der Waals surface area contributed by atoms with Gasteiger partial charge in [-0.05, 0) is 48.5 Å². The van der Waals surface area contributed by atoms with Gasteiger partial charge in [0.1, 0.15) is 6.04 Å². The molecule has 1 N–H and O–H groups in total. The Bertz CT molecular complexity index is 1490. The highest BCUT2D eigenvalue weighted by Crippen LogP contribution is 2.48. The van der Waals surface area contributed by atoms with Crippen molar-refractivity contribution >= 4 is 66.0 Å². The predicted octanol–water partition coefficient (Wildman–Crippen LogP) is 6.55. The molecule has 6 rings (SSSR count). The number of anilines is 4. The summed E-state index contributed by atoms with van der Waals surface area (Å²) in [5.74, 6) is -1.16. The lowest BCUT2D eigenvalue weighted by Gasteiger charge is -2.43. The molecule has 2 aliphatic heterocycles. The largest absolute Gasteiger partial charge is 0.480 e. The summed E-state index contributed by atoms with van der Waals surface area (Å²) in [4.78, 5) is 48.5. The Morgan fingerprint density at radius 1 is 0.707 bits per heavy atom. The zero-order valence-electron chi connectivity index (χ0n) is 22.0. The first kappa shape index (κ1) is 28.1. The van der Waals surface area contributed by atoms with Crippen molar-refractivity contribution in [3.05, 3.63) is 109 Å². The molecule has 0 aliphatic carbocycles. The standard InChI is InChI=1S/C31H26N4O4S.H2S/c36-29(37)26-21-32(30(38)34(22-11-3-1-4-12-22)23-13-5-2-6-14-23)19-20-33(26)31(39)35-24-15-7-9-17-27(24)40-28-18-10-8-16-25(28)35;/h1-18,26H,19-21H2,(H,36,37);1H2/t26-;/m0./s1. The van der Waals surface area contributed by atoms with Gasteiger partial charge in [0.2, 0.25) is 0 Å². The number of para-hydroxylation sites is 4. The van der Waals surface area contributed by atoms with Crippen LogP contribution in [-0.2, 0) is 4.79 Å². The van der Waals surface area contributed by atoms with Crippen molar-refractivity contribution in [1.29, 1.82) is 0 Å². The van der Waals surface area contributed by atoms with E-state index in [0.29, 0.717) is 22.7 Å². The summed E-state index contributed by atoms with van der Waals surface area (Å²) in [5.41, 5.74) is 2.75. The van der Waals surface area contributed by atoms with Gasteiger partial charge in [0.05, 0.1) is 29.3 Å². The van der Waals surface area contributed by atoms with Crippen molar-refractivity contribution in [3.8, 4) is 0 Å². The summed E-state index contributed by atoms with van der Waals surface area (Å²) >= 11 is 1.57. The predicted molar refractivity (Wildman–Crippen MR) is 165 cm³/mol. The molecule has 4 aromatic carbocycles. The van der Waals surface area contributed by atoms with E-state index in [1.54, 1.807) is 21.6 Å². The Hall–Kier alpha value is -4.41. The highest BCUT2D eigenvalue weighted by Gasteiger charge is 2.42. The van der Waals surface area contributed by atoms with Crippen LogP contribution in [0.15, 0.2) is 119 Å².